The third-order valence-electron chi connectivity index (χ3n) is 23.0. The molecule has 0 aliphatic carbocycles. The number of primary amides is 4. The average Bonchev–Trinajstić information content (AvgIpc) is 1.64. The summed E-state index contributed by atoms with van der Waals surface area (Å²) >= 11 is 0. The monoisotopic (exact) mass is 1770 g/mol. The zero-order valence-corrected chi connectivity index (χ0v) is 72.1. The van der Waals surface area contributed by atoms with Crippen molar-refractivity contribution >= 4 is 70.5 Å². The van der Waals surface area contributed by atoms with Gasteiger partial charge in [-0.05, 0) is 122 Å². The van der Waals surface area contributed by atoms with Crippen molar-refractivity contribution in [3.05, 3.63) is 283 Å². The molecule has 20 N–H and O–H groups in total. The van der Waals surface area contributed by atoms with E-state index in [9.17, 15) is 51.5 Å². The maximum Gasteiger partial charge on any atom is 0.254 e. The van der Waals surface area contributed by atoms with Crippen LogP contribution in [0.3, 0.4) is 0 Å². The van der Waals surface area contributed by atoms with Gasteiger partial charge in [-0.1, -0.05) is 170 Å². The fourth-order valence-corrected chi connectivity index (χ4v) is 15.8. The molecule has 8 amide bonds. The Morgan fingerprint density at radius 2 is 0.531 bits per heavy atom. The van der Waals surface area contributed by atoms with Gasteiger partial charge in [-0.15, -0.1) is 0 Å². The third-order valence-corrected chi connectivity index (χ3v) is 23.0. The zero-order chi connectivity index (χ0) is 92.6. The lowest BCUT2D eigenvalue weighted by Crippen LogP contribution is -2.32. The Morgan fingerprint density at radius 3 is 0.746 bits per heavy atom. The predicted octanol–water partition coefficient (Wildman–Crippen LogP) is 10.7. The number of aryl methyl sites for hydroxylation is 4. The smallest absolute Gasteiger partial charge is 0.254 e. The molecule has 16 rings (SSSR count). The van der Waals surface area contributed by atoms with Gasteiger partial charge in [0, 0.05) is 97.1 Å². The normalized spacial score (nSPS) is 17.5. The van der Waals surface area contributed by atoms with E-state index in [4.69, 9.17) is 64.8 Å². The Kier molecular flexibility index (Phi) is 30.1. The number of amides is 8. The highest BCUT2D eigenvalue weighted by Crippen LogP contribution is 2.39. The van der Waals surface area contributed by atoms with Gasteiger partial charge in [0.15, 0.2) is 0 Å². The number of nitrogen functional groups attached to an aromatic ring is 4. The van der Waals surface area contributed by atoms with Crippen LogP contribution in [0.1, 0.15) is 177 Å². The Labute approximate surface area is 746 Å². The molecular formula is C95H103F3N20O12. The van der Waals surface area contributed by atoms with Gasteiger partial charge in [0.25, 0.3) is 47.3 Å². The van der Waals surface area contributed by atoms with Crippen molar-refractivity contribution < 1.29 is 70.5 Å². The summed E-state index contributed by atoms with van der Waals surface area (Å²) in [6, 6.07) is 56.7. The Morgan fingerprint density at radius 1 is 0.315 bits per heavy atom. The van der Waals surface area contributed by atoms with E-state index in [1.807, 2.05) is 161 Å². The van der Waals surface area contributed by atoms with E-state index >= 15 is 0 Å². The van der Waals surface area contributed by atoms with Gasteiger partial charge in [0.1, 0.15) is 86.8 Å². The zero-order valence-electron chi connectivity index (χ0n) is 72.1. The van der Waals surface area contributed by atoms with Crippen molar-refractivity contribution in [1.82, 2.24) is 60.4 Å². The fourth-order valence-electron chi connectivity index (χ4n) is 15.8. The molecule has 7 atom stereocenters. The van der Waals surface area contributed by atoms with Gasteiger partial charge in [0.05, 0.1) is 50.6 Å². The Bertz CT molecular complexity index is 5670. The molecule has 4 saturated heterocycles. The van der Waals surface area contributed by atoms with Gasteiger partial charge in [-0.2, -0.15) is 20.4 Å². The number of ether oxygens (including phenoxy) is 4. The third kappa shape index (κ3) is 21.5. The number of nitrogens with one attached hydrogen (secondary N) is 4. The van der Waals surface area contributed by atoms with Gasteiger partial charge in [0.2, 0.25) is 0 Å². The van der Waals surface area contributed by atoms with Crippen LogP contribution in [0.25, 0.3) is 45.0 Å². The Hall–Kier alpha value is -14.8. The molecule has 35 heteroatoms. The maximum absolute atomic E-state index is 14.4. The minimum atomic E-state index is -1.28. The molecule has 0 radical (unpaired) electrons. The number of carbonyl (C=O) groups is 8. The highest BCUT2D eigenvalue weighted by molar-refractivity contribution is 6.06. The van der Waals surface area contributed by atoms with Crippen molar-refractivity contribution in [1.29, 1.82) is 0 Å². The van der Waals surface area contributed by atoms with E-state index in [0.29, 0.717) is 140 Å². The first-order valence-corrected chi connectivity index (χ1v) is 42.2. The van der Waals surface area contributed by atoms with Gasteiger partial charge >= 0.3 is 0 Å². The van der Waals surface area contributed by atoms with Gasteiger partial charge in [-0.25, -0.2) is 31.9 Å². The standard InChI is InChI=1S/3C24H26FN5O3.C23H25N5O3/c3*1-14-4-2-3-5-17(14)24(32)28-12-15-6-8-16(9-7-15)21-20(23(27)31)22(26)30(29-21)19-10-11-33-13-18(19)25;1-14-4-2-3-5-18(14)23(30)26-12-15-6-8-16(9-7-15)20-19(22(25)29)21(24)28(27-20)17-10-11-31-13-17/h3*2-9,18-19H,10-13,26H2,1H3,(H2,27,31)(H,28,32);2-9,17H,10-13,24H2,1H3,(H2,25,29)(H,26,30)/t2*18-,19+;18-,19-;17-/m1001/s1. The summed E-state index contributed by atoms with van der Waals surface area (Å²) in [5.74, 6) is -3.01. The van der Waals surface area contributed by atoms with E-state index in [0.717, 1.165) is 56.5 Å². The summed E-state index contributed by atoms with van der Waals surface area (Å²) in [4.78, 5) is 98.1. The highest BCUT2D eigenvalue weighted by atomic mass is 19.1. The summed E-state index contributed by atoms with van der Waals surface area (Å²) in [6.45, 7) is 11.1. The minimum absolute atomic E-state index is 0.0113. The lowest BCUT2D eigenvalue weighted by molar-refractivity contribution is 0.000591. The van der Waals surface area contributed by atoms with Crippen molar-refractivity contribution in [3.8, 4) is 45.0 Å². The van der Waals surface area contributed by atoms with Crippen molar-refractivity contribution in [3.63, 3.8) is 0 Å². The minimum Gasteiger partial charge on any atom is -0.383 e. The molecule has 0 unspecified atom stereocenters. The van der Waals surface area contributed by atoms with Crippen LogP contribution in [0.15, 0.2) is 194 Å². The number of halogens is 3. The molecule has 4 aromatic heterocycles. The van der Waals surface area contributed by atoms with Crippen LogP contribution in [0.4, 0.5) is 36.4 Å². The van der Waals surface area contributed by atoms with E-state index in [1.54, 1.807) is 65.3 Å². The molecule has 0 spiro atoms. The molecule has 4 fully saturated rings. The van der Waals surface area contributed by atoms with E-state index in [2.05, 4.69) is 41.7 Å². The van der Waals surface area contributed by atoms with Gasteiger partial charge in [-0.3, -0.25) is 38.4 Å². The second kappa shape index (κ2) is 42.2. The molecule has 4 aliphatic heterocycles. The van der Waals surface area contributed by atoms with Crippen molar-refractivity contribution in [2.24, 2.45) is 22.9 Å². The summed E-state index contributed by atoms with van der Waals surface area (Å²) < 4.78 is 69.8. The Balaban J connectivity index is 0.000000148. The van der Waals surface area contributed by atoms with Crippen LogP contribution >= 0.6 is 0 Å². The number of nitrogens with two attached hydrogens (primary N) is 8. The lowest BCUT2D eigenvalue weighted by atomic mass is 10.0. The summed E-state index contributed by atoms with van der Waals surface area (Å²) in [5.41, 5.74) is 61.0. The van der Waals surface area contributed by atoms with Crippen LogP contribution in [-0.2, 0) is 45.1 Å². The first-order chi connectivity index (χ1) is 62.5. The molecule has 8 heterocycles. The number of nitrogens with zero attached hydrogens (tertiary/aromatic N) is 8. The number of aromatic nitrogens is 8. The summed E-state index contributed by atoms with van der Waals surface area (Å²) in [6.07, 6.45) is -1.89. The predicted molar refractivity (Wildman–Crippen MR) is 484 cm³/mol. The van der Waals surface area contributed by atoms with Crippen molar-refractivity contribution in [2.75, 3.05) is 75.8 Å². The molecule has 0 bridgehead atoms. The number of anilines is 4. The summed E-state index contributed by atoms with van der Waals surface area (Å²) in [7, 11) is 0. The molecule has 676 valence electrons. The number of hydrogen-bond acceptors (Lipinski definition) is 20. The first-order valence-electron chi connectivity index (χ1n) is 42.2. The molecule has 8 aromatic carbocycles. The van der Waals surface area contributed by atoms with E-state index < -0.39 is 60.3 Å². The number of carbonyl (C=O) groups excluding carboxylic acids is 8. The van der Waals surface area contributed by atoms with Gasteiger partial charge < -0.3 is 86.1 Å². The van der Waals surface area contributed by atoms with Crippen LogP contribution in [0, 0.1) is 27.7 Å². The molecule has 4 aliphatic rings. The fraction of sp³-hybridized carbons (Fsp3) is 0.284. The maximum atomic E-state index is 14.4. The second-order valence-electron chi connectivity index (χ2n) is 31.8. The van der Waals surface area contributed by atoms with Crippen LogP contribution < -0.4 is 67.1 Å². The summed E-state index contributed by atoms with van der Waals surface area (Å²) in [5, 5.41) is 29.6. The highest BCUT2D eigenvalue weighted by Gasteiger charge is 2.37. The molecule has 130 heavy (non-hydrogen) atoms. The van der Waals surface area contributed by atoms with E-state index in [-0.39, 0.29) is 95.0 Å². The topological polar surface area (TPSA) is 501 Å². The molecule has 12 aromatic rings. The SMILES string of the molecule is Cc1ccccc1C(=O)NCc1ccc(-c2nn([C@@H]3CCOC3)c(N)c2C(N)=O)cc1.Cc1ccccc1C(=O)NCc1ccc(-c2nn([C@@H]3CCOC[C@@H]3F)c(N)c2C(N)=O)cc1.Cc1ccccc1C(=O)NCc1ccc(-c2nn([C@H]3CCOC[C@@H]3F)c(N)c2C(N)=O)cc1.Cc1ccccc1C(=O)NCc1ccc(-c2nn([C@H]3CCOC[C@H]3F)c(N)c2C(N)=O)cc1. The van der Waals surface area contributed by atoms with Crippen LogP contribution in [0.5, 0.6) is 0 Å². The quantitative estimate of drug-likeness (QED) is 0.0267. The number of rotatable bonds is 24. The van der Waals surface area contributed by atoms with Crippen LogP contribution in [0.2, 0.25) is 0 Å². The number of benzene rings is 8. The van der Waals surface area contributed by atoms with Crippen LogP contribution in [-0.4, -0.2) is 158 Å². The number of alkyl halides is 3. The molecular weight excluding hydrogens is 1670 g/mol. The molecule has 0 saturated carbocycles. The second-order valence-corrected chi connectivity index (χ2v) is 31.8. The average molecular weight is 1770 g/mol. The first kappa shape index (κ1) is 92.8. The number of hydrogen-bond donors (Lipinski definition) is 12. The van der Waals surface area contributed by atoms with E-state index in [1.165, 1.54) is 14.0 Å². The molecule has 32 nitrogen and oxygen atoms in total. The van der Waals surface area contributed by atoms with Crippen molar-refractivity contribution in [2.45, 2.75) is 122 Å². The largest absolute Gasteiger partial charge is 0.383 e. The lowest BCUT2D eigenvalue weighted by Gasteiger charge is -2.27.